The van der Waals surface area contributed by atoms with Crippen molar-refractivity contribution in [2.24, 2.45) is 0 Å². The Morgan fingerprint density at radius 1 is 1.25 bits per heavy atom. The highest BCUT2D eigenvalue weighted by molar-refractivity contribution is 7.17. The van der Waals surface area contributed by atoms with Crippen LogP contribution in [-0.4, -0.2) is 50.9 Å². The number of hydrogen-bond donors (Lipinski definition) is 1. The largest absolute Gasteiger partial charge is 0.492 e. The van der Waals surface area contributed by atoms with E-state index in [4.69, 9.17) is 16.3 Å². The Bertz CT molecular complexity index is 855. The van der Waals surface area contributed by atoms with Crippen LogP contribution in [-0.2, 0) is 4.74 Å². The average Bonchev–Trinajstić information content (AvgIpc) is 3.09. The Balaban J connectivity index is 1.82. The number of thiazole rings is 1. The fraction of sp³-hybridized carbons (Fsp3) is 0.375. The van der Waals surface area contributed by atoms with E-state index in [1.165, 1.54) is 15.9 Å². The number of fused-ring (bicyclic) bond motifs is 1. The van der Waals surface area contributed by atoms with Gasteiger partial charge in [0.1, 0.15) is 5.82 Å². The van der Waals surface area contributed by atoms with Crippen molar-refractivity contribution in [2.45, 2.75) is 13.0 Å². The number of halogens is 1. The van der Waals surface area contributed by atoms with Crippen molar-refractivity contribution in [1.82, 2.24) is 19.5 Å². The molecule has 4 rings (SSSR count). The molecule has 0 aliphatic carbocycles. The Kier molecular flexibility index (Phi) is 4.17. The van der Waals surface area contributed by atoms with Gasteiger partial charge < -0.3 is 9.84 Å². The molecule has 1 aliphatic rings. The molecule has 1 aromatic carbocycles. The van der Waals surface area contributed by atoms with Crippen molar-refractivity contribution in [1.29, 1.82) is 0 Å². The highest BCUT2D eigenvalue weighted by atomic mass is 35.5. The number of aromatic hydroxyl groups is 1. The van der Waals surface area contributed by atoms with Gasteiger partial charge in [-0.15, -0.1) is 5.10 Å². The Morgan fingerprint density at radius 3 is 2.62 bits per heavy atom. The van der Waals surface area contributed by atoms with Gasteiger partial charge in [0.25, 0.3) is 0 Å². The second kappa shape index (κ2) is 6.33. The van der Waals surface area contributed by atoms with Crippen LogP contribution in [0.3, 0.4) is 0 Å². The molecule has 126 valence electrons. The number of hydrogen-bond acceptors (Lipinski definition) is 6. The Morgan fingerprint density at radius 2 is 1.96 bits per heavy atom. The molecule has 0 saturated carbocycles. The van der Waals surface area contributed by atoms with Crippen LogP contribution in [0.4, 0.5) is 0 Å². The second-order valence-electron chi connectivity index (χ2n) is 5.75. The first-order valence-corrected chi connectivity index (χ1v) is 8.95. The topological polar surface area (TPSA) is 62.9 Å². The van der Waals surface area contributed by atoms with Gasteiger partial charge in [0.2, 0.25) is 10.8 Å². The number of morpholine rings is 1. The van der Waals surface area contributed by atoms with Crippen LogP contribution in [0.1, 0.15) is 22.3 Å². The number of ether oxygens (including phenoxy) is 1. The summed E-state index contributed by atoms with van der Waals surface area (Å²) in [7, 11) is 0. The first-order chi connectivity index (χ1) is 11.6. The molecule has 8 heteroatoms. The number of nitrogens with zero attached hydrogens (tertiary/aromatic N) is 4. The lowest BCUT2D eigenvalue weighted by Gasteiger charge is -2.34. The number of aryl methyl sites for hydroxylation is 1. The van der Waals surface area contributed by atoms with Gasteiger partial charge in [0, 0.05) is 18.1 Å². The molecule has 0 bridgehead atoms. The molecule has 0 amide bonds. The average molecular weight is 365 g/mol. The minimum Gasteiger partial charge on any atom is -0.492 e. The number of benzene rings is 1. The highest BCUT2D eigenvalue weighted by Crippen LogP contribution is 2.40. The maximum Gasteiger partial charge on any atom is 0.230 e. The van der Waals surface area contributed by atoms with Crippen LogP contribution in [0.2, 0.25) is 5.02 Å². The molecule has 1 fully saturated rings. The maximum absolute atomic E-state index is 10.7. The van der Waals surface area contributed by atoms with Crippen LogP contribution in [0, 0.1) is 6.92 Å². The van der Waals surface area contributed by atoms with Crippen LogP contribution in [0.25, 0.3) is 4.96 Å². The zero-order valence-electron chi connectivity index (χ0n) is 13.1. The lowest BCUT2D eigenvalue weighted by Crippen LogP contribution is -2.39. The zero-order chi connectivity index (χ0) is 16.7. The van der Waals surface area contributed by atoms with Gasteiger partial charge in [-0.05, 0) is 24.6 Å². The van der Waals surface area contributed by atoms with E-state index in [1.54, 1.807) is 0 Å². The van der Waals surface area contributed by atoms with Gasteiger partial charge in [0.15, 0.2) is 0 Å². The van der Waals surface area contributed by atoms with Crippen molar-refractivity contribution in [3.05, 3.63) is 45.6 Å². The third kappa shape index (κ3) is 2.77. The summed E-state index contributed by atoms with van der Waals surface area (Å²) in [4.78, 5) is 8.23. The molecule has 1 atom stereocenters. The minimum atomic E-state index is -0.0695. The Hall–Kier alpha value is -1.67. The molecule has 6 nitrogen and oxygen atoms in total. The summed E-state index contributed by atoms with van der Waals surface area (Å²) in [6, 6.07) is 7.69. The maximum atomic E-state index is 10.7. The van der Waals surface area contributed by atoms with Gasteiger partial charge in [-0.3, -0.25) is 4.90 Å². The smallest absolute Gasteiger partial charge is 0.230 e. The van der Waals surface area contributed by atoms with Gasteiger partial charge in [0.05, 0.1) is 24.1 Å². The van der Waals surface area contributed by atoms with Crippen LogP contribution >= 0.6 is 22.9 Å². The summed E-state index contributed by atoms with van der Waals surface area (Å²) in [6.07, 6.45) is 0. The predicted octanol–water partition coefficient (Wildman–Crippen LogP) is 2.88. The molecular weight excluding hydrogens is 348 g/mol. The SMILES string of the molecule is Cc1nc2sc([C@@H](c3ccc(Cl)cc3)N3CCOCC3)c(O)n2n1. The summed E-state index contributed by atoms with van der Waals surface area (Å²) in [5.74, 6) is 0.805. The third-order valence-electron chi connectivity index (χ3n) is 4.15. The molecule has 1 saturated heterocycles. The molecule has 0 unspecified atom stereocenters. The highest BCUT2D eigenvalue weighted by Gasteiger charge is 2.30. The summed E-state index contributed by atoms with van der Waals surface area (Å²) in [5.41, 5.74) is 1.08. The van der Waals surface area contributed by atoms with Crippen molar-refractivity contribution in [2.75, 3.05) is 26.3 Å². The molecule has 1 aliphatic heterocycles. The first kappa shape index (κ1) is 15.8. The quantitative estimate of drug-likeness (QED) is 0.774. The third-order valence-corrected chi connectivity index (χ3v) is 5.48. The van der Waals surface area contributed by atoms with Crippen LogP contribution < -0.4 is 0 Å². The van der Waals surface area contributed by atoms with E-state index in [2.05, 4.69) is 15.0 Å². The lowest BCUT2D eigenvalue weighted by molar-refractivity contribution is 0.0241. The van der Waals surface area contributed by atoms with E-state index in [-0.39, 0.29) is 11.9 Å². The molecular formula is C16H17ClN4O2S. The van der Waals surface area contributed by atoms with Gasteiger partial charge in [-0.2, -0.15) is 4.52 Å². The van der Waals surface area contributed by atoms with E-state index < -0.39 is 0 Å². The normalized spacial score (nSPS) is 17.4. The molecule has 1 N–H and O–H groups in total. The van der Waals surface area contributed by atoms with Gasteiger partial charge in [-0.25, -0.2) is 4.98 Å². The summed E-state index contributed by atoms with van der Waals surface area (Å²) in [6.45, 7) is 4.80. The van der Waals surface area contributed by atoms with E-state index in [0.717, 1.165) is 23.5 Å². The van der Waals surface area contributed by atoms with Gasteiger partial charge in [-0.1, -0.05) is 35.1 Å². The monoisotopic (exact) mass is 364 g/mol. The Labute approximate surface area is 148 Å². The van der Waals surface area contributed by atoms with Crippen molar-refractivity contribution in [3.63, 3.8) is 0 Å². The summed E-state index contributed by atoms with van der Waals surface area (Å²) in [5, 5.41) is 15.7. The van der Waals surface area contributed by atoms with Gasteiger partial charge >= 0.3 is 0 Å². The number of aromatic nitrogens is 3. The standard InChI is InChI=1S/C16H17ClN4O2S/c1-10-18-16-21(19-10)15(22)14(24-16)13(20-6-8-23-9-7-20)11-2-4-12(17)5-3-11/h2-5,13,22H,6-9H2,1H3/t13-/m1/s1. The second-order valence-corrected chi connectivity index (χ2v) is 7.19. The molecule has 3 heterocycles. The van der Waals surface area contributed by atoms with E-state index in [1.807, 2.05) is 31.2 Å². The van der Waals surface area contributed by atoms with E-state index in [0.29, 0.717) is 29.0 Å². The minimum absolute atomic E-state index is 0.0695. The summed E-state index contributed by atoms with van der Waals surface area (Å²) < 4.78 is 6.99. The first-order valence-electron chi connectivity index (χ1n) is 7.76. The van der Waals surface area contributed by atoms with E-state index in [9.17, 15) is 5.11 Å². The molecule has 0 radical (unpaired) electrons. The van der Waals surface area contributed by atoms with Crippen molar-refractivity contribution in [3.8, 4) is 5.88 Å². The molecule has 24 heavy (non-hydrogen) atoms. The predicted molar refractivity (Wildman–Crippen MR) is 93.0 cm³/mol. The van der Waals surface area contributed by atoms with E-state index >= 15 is 0 Å². The van der Waals surface area contributed by atoms with Crippen LogP contribution in [0.5, 0.6) is 5.88 Å². The fourth-order valence-corrected chi connectivity index (χ4v) is 4.32. The summed E-state index contributed by atoms with van der Waals surface area (Å²) >= 11 is 7.51. The number of rotatable bonds is 3. The van der Waals surface area contributed by atoms with Crippen LogP contribution in [0.15, 0.2) is 24.3 Å². The zero-order valence-corrected chi connectivity index (χ0v) is 14.7. The van der Waals surface area contributed by atoms with Crippen molar-refractivity contribution >= 4 is 27.9 Å². The molecule has 2 aromatic heterocycles. The van der Waals surface area contributed by atoms with Crippen molar-refractivity contribution < 1.29 is 9.84 Å². The molecule has 0 spiro atoms. The molecule has 3 aromatic rings. The lowest BCUT2D eigenvalue weighted by atomic mass is 10.0. The fourth-order valence-electron chi connectivity index (χ4n) is 3.03.